The zero-order valence-corrected chi connectivity index (χ0v) is 40.5. The first-order valence-corrected chi connectivity index (χ1v) is 19.5. The van der Waals surface area contributed by atoms with Crippen LogP contribution in [0.4, 0.5) is 28.4 Å². The molecule has 5 rings (SSSR count). The third kappa shape index (κ3) is 16.2. The van der Waals surface area contributed by atoms with Crippen molar-refractivity contribution in [1.29, 1.82) is 0 Å². The van der Waals surface area contributed by atoms with E-state index in [4.69, 9.17) is 30.1 Å². The van der Waals surface area contributed by atoms with Crippen LogP contribution in [0.3, 0.4) is 0 Å². The van der Waals surface area contributed by atoms with Crippen molar-refractivity contribution in [3.63, 3.8) is 0 Å². The Morgan fingerprint density at radius 3 is 1.89 bits per heavy atom. The van der Waals surface area contributed by atoms with Crippen LogP contribution in [-0.2, 0) is 58.0 Å². The largest absolute Gasteiger partial charge is 1.00 e. The monoisotopic (exact) mass is 939 g/mol. The van der Waals surface area contributed by atoms with Gasteiger partial charge in [-0.05, 0) is 48.2 Å². The van der Waals surface area contributed by atoms with Gasteiger partial charge < -0.3 is 31.6 Å². The molecule has 19 nitrogen and oxygen atoms in total. The summed E-state index contributed by atoms with van der Waals surface area (Å²) in [6.45, 7) is 5.24. The predicted molar refractivity (Wildman–Crippen MR) is 187 cm³/mol. The third-order valence-corrected chi connectivity index (χ3v) is 9.21. The van der Waals surface area contributed by atoms with Crippen molar-refractivity contribution in [3.05, 3.63) is 85.3 Å². The van der Waals surface area contributed by atoms with E-state index in [0.717, 1.165) is 11.6 Å². The van der Waals surface area contributed by atoms with Gasteiger partial charge in [-0.15, -0.1) is 17.7 Å². The van der Waals surface area contributed by atoms with Gasteiger partial charge in [-0.3, -0.25) is 4.55 Å². The number of nitrogens with zero attached hydrogens (tertiary/aromatic N) is 4. The van der Waals surface area contributed by atoms with Crippen molar-refractivity contribution in [1.82, 2.24) is 0 Å². The van der Waals surface area contributed by atoms with Gasteiger partial charge >= 0.3 is 99.3 Å². The van der Waals surface area contributed by atoms with Crippen molar-refractivity contribution in [2.75, 3.05) is 18.1 Å². The molecular weight excluding hydrogens is 915 g/mol. The summed E-state index contributed by atoms with van der Waals surface area (Å²) >= 11 is 0. The average Bonchev–Trinajstić information content (AvgIpc) is 3.06. The molecule has 0 fully saturated rings. The van der Waals surface area contributed by atoms with Gasteiger partial charge in [0.25, 0.3) is 0 Å². The Balaban J connectivity index is 0. The van der Waals surface area contributed by atoms with Crippen molar-refractivity contribution >= 4 is 90.9 Å². The molecule has 293 valence electrons. The standard InChI is InChI=1S/C30H25N5O7S2.Cu.3Na.H2O4S.O3S/c1-4-43(38,39)19-15-18-9-12-25(30(37)27(18)26(16-19)44(40,41)42)34-33-24-14-10-20-21(29(24)36)11-13-23(31-3)28(20)35-32-22-8-6-5-7-17(22)2;;;;;1-5(2,3)4;1-4(2)3/h5-13,15-16,31,36-37H,1,4H2,2-3H3,(H,40,41,42);;;;;(H2,1,2,3,4);/q-2;;3*+1;;/p-2. The molecule has 0 atom stereocenters. The number of nitrogens with one attached hydrogen (secondary N) is 1. The molecular formula is C30H25CuN5Na3O14S4-. The predicted octanol–water partition coefficient (Wildman–Crippen LogP) is -4.09. The fourth-order valence-electron chi connectivity index (χ4n) is 4.51. The topological polar surface area (TPSA) is 322 Å². The minimum absolute atomic E-state index is 0. The first kappa shape index (κ1) is 57.2. The second kappa shape index (κ2) is 24.4. The molecule has 5 aromatic carbocycles. The number of phenols is 2. The molecule has 0 bridgehead atoms. The minimum Gasteiger partial charge on any atom is -0.744 e. The number of aromatic hydroxyl groups is 2. The summed E-state index contributed by atoms with van der Waals surface area (Å²) in [6, 6.07) is 19.6. The zero-order chi connectivity index (χ0) is 39.9. The van der Waals surface area contributed by atoms with Crippen LogP contribution in [0.25, 0.3) is 21.5 Å². The molecule has 0 unspecified atom stereocenters. The number of sulfone groups is 1. The fraction of sp³-hybridized carbons (Fsp3) is 0.100. The quantitative estimate of drug-likeness (QED) is 0.0378. The van der Waals surface area contributed by atoms with Crippen molar-refractivity contribution in [2.24, 2.45) is 20.5 Å². The molecule has 5 aromatic rings. The molecule has 0 amide bonds. The molecule has 27 heteroatoms. The first-order valence-electron chi connectivity index (χ1n) is 14.1. The Hall–Kier alpha value is -1.91. The van der Waals surface area contributed by atoms with Gasteiger partial charge in [0.15, 0.2) is 15.6 Å². The van der Waals surface area contributed by atoms with Crippen LogP contribution in [-0.4, -0.2) is 74.6 Å². The van der Waals surface area contributed by atoms with Crippen LogP contribution in [0, 0.1) is 19.9 Å². The van der Waals surface area contributed by atoms with E-state index in [2.05, 4.69) is 38.8 Å². The van der Waals surface area contributed by atoms with Gasteiger partial charge in [-0.25, -0.2) is 25.3 Å². The van der Waals surface area contributed by atoms with E-state index >= 15 is 0 Å². The summed E-state index contributed by atoms with van der Waals surface area (Å²) in [5.74, 6) is -1.60. The number of anilines is 1. The van der Waals surface area contributed by atoms with E-state index < -0.39 is 67.6 Å². The van der Waals surface area contributed by atoms with Crippen molar-refractivity contribution < 1.29 is 167 Å². The number of benzene rings is 5. The number of fused-ring (bicyclic) bond motifs is 2. The van der Waals surface area contributed by atoms with Crippen LogP contribution < -0.4 is 94.0 Å². The molecule has 0 aromatic heterocycles. The smallest absolute Gasteiger partial charge is 0.744 e. The van der Waals surface area contributed by atoms with Crippen LogP contribution in [0.5, 0.6) is 11.5 Å². The zero-order valence-electron chi connectivity index (χ0n) is 30.3. The molecule has 1 radical (unpaired) electrons. The van der Waals surface area contributed by atoms with E-state index in [1.54, 1.807) is 25.2 Å². The maximum absolute atomic E-state index is 12.3. The van der Waals surface area contributed by atoms with Crippen molar-refractivity contribution in [2.45, 2.75) is 16.7 Å². The maximum Gasteiger partial charge on any atom is 1.00 e. The Kier molecular flexibility index (Phi) is 24.5. The summed E-state index contributed by atoms with van der Waals surface area (Å²) in [4.78, 5) is -1.37. The molecule has 0 spiro atoms. The van der Waals surface area contributed by atoms with Gasteiger partial charge in [0.1, 0.15) is 15.8 Å². The number of aryl methyl sites for hydroxylation is 1. The number of hydrogen-bond donors (Lipinski definition) is 4. The van der Waals surface area contributed by atoms with E-state index in [1.807, 2.05) is 31.2 Å². The van der Waals surface area contributed by atoms with E-state index in [0.29, 0.717) is 33.9 Å². The number of hydrogen-bond acceptors (Lipinski definition) is 18. The van der Waals surface area contributed by atoms with Crippen molar-refractivity contribution in [3.8, 4) is 11.5 Å². The van der Waals surface area contributed by atoms with Crippen LogP contribution in [0.15, 0.2) is 97.0 Å². The summed E-state index contributed by atoms with van der Waals surface area (Å²) in [5.41, 5.74) is 2.34. The number of azo groups is 2. The van der Waals surface area contributed by atoms with Gasteiger partial charge in [-0.2, -0.15) is 27.5 Å². The molecule has 0 saturated carbocycles. The van der Waals surface area contributed by atoms with Crippen LogP contribution in [0.1, 0.15) is 5.56 Å². The minimum atomic E-state index is -5.23. The Bertz CT molecular complexity index is 2730. The van der Waals surface area contributed by atoms with Gasteiger partial charge in [0.05, 0.1) is 21.2 Å². The summed E-state index contributed by atoms with van der Waals surface area (Å²) in [7, 11) is -15.5. The number of phenolic OH excluding ortho intramolecular Hbond substituents is 2. The number of rotatable bonds is 8. The van der Waals surface area contributed by atoms with E-state index in [9.17, 15) is 31.6 Å². The maximum atomic E-state index is 12.3. The molecule has 57 heavy (non-hydrogen) atoms. The van der Waals surface area contributed by atoms with E-state index in [1.165, 1.54) is 12.1 Å². The Morgan fingerprint density at radius 2 is 1.37 bits per heavy atom. The molecule has 0 heterocycles. The van der Waals surface area contributed by atoms with Crippen LogP contribution >= 0.6 is 0 Å². The second-order valence-corrected chi connectivity index (χ2v) is 14.9. The summed E-state index contributed by atoms with van der Waals surface area (Å²) in [6.07, 6.45) is 0. The van der Waals surface area contributed by atoms with Gasteiger partial charge in [0, 0.05) is 46.6 Å². The fourth-order valence-corrected chi connectivity index (χ4v) is 6.16. The average molecular weight is 940 g/mol. The first-order chi connectivity index (χ1) is 24.6. The SMILES string of the molecule is O=S(=O)([O-])O.O=S(=O)=O.[CH2-]CS(=O)(=O)c1cc(S(=O)(=O)[O-])c2c(O)c(N=Nc3[c-]cc4c(N=Nc5ccccc5C)c(NC)ccc4c3O)ccc2c1.[Cu].[Na+].[Na+].[Na+]. The summed E-state index contributed by atoms with van der Waals surface area (Å²) < 4.78 is 119. The Labute approximate surface area is 405 Å². The third-order valence-electron chi connectivity index (χ3n) is 6.85. The van der Waals surface area contributed by atoms with Gasteiger partial charge in [-0.1, -0.05) is 46.9 Å². The molecule has 0 aliphatic carbocycles. The van der Waals surface area contributed by atoms with Crippen LogP contribution in [0.2, 0.25) is 0 Å². The molecule has 0 aliphatic rings. The molecule has 4 N–H and O–H groups in total. The molecule has 0 saturated heterocycles. The molecule has 0 aliphatic heterocycles. The van der Waals surface area contributed by atoms with E-state index in [-0.39, 0.29) is 128 Å². The Morgan fingerprint density at radius 1 is 0.807 bits per heavy atom. The second-order valence-electron chi connectivity index (χ2n) is 10.2. The normalized spacial score (nSPS) is 11.1. The summed E-state index contributed by atoms with van der Waals surface area (Å²) in [5, 5.41) is 42.2. The van der Waals surface area contributed by atoms with Gasteiger partial charge in [0.2, 0.25) is 10.4 Å².